The van der Waals surface area contributed by atoms with Gasteiger partial charge in [0.25, 0.3) is 0 Å². The molecule has 2 aromatic carbocycles. The van der Waals surface area contributed by atoms with Crippen molar-refractivity contribution in [1.82, 2.24) is 0 Å². The van der Waals surface area contributed by atoms with E-state index in [1.165, 1.54) is 101 Å². The first-order chi connectivity index (χ1) is 16.1. The van der Waals surface area contributed by atoms with E-state index in [2.05, 4.69) is 75.1 Å². The van der Waals surface area contributed by atoms with E-state index in [0.717, 1.165) is 25.2 Å². The van der Waals surface area contributed by atoms with Crippen LogP contribution < -0.4 is 0 Å². The van der Waals surface area contributed by atoms with Crippen LogP contribution in [0.25, 0.3) is 11.6 Å². The molecule has 0 bridgehead atoms. The molecule has 3 aliphatic carbocycles. The van der Waals surface area contributed by atoms with Crippen LogP contribution in [0.3, 0.4) is 0 Å². The van der Waals surface area contributed by atoms with Crippen LogP contribution in [-0.2, 0) is 12.8 Å². The molecule has 0 aliphatic heterocycles. The van der Waals surface area contributed by atoms with Crippen LogP contribution in [0.4, 0.5) is 0 Å². The van der Waals surface area contributed by atoms with Crippen LogP contribution in [0.5, 0.6) is 0 Å². The summed E-state index contributed by atoms with van der Waals surface area (Å²) in [6.07, 6.45) is 20.2. The van der Waals surface area contributed by atoms with Gasteiger partial charge in [-0.25, -0.2) is 0 Å². The highest BCUT2D eigenvalue weighted by Gasteiger charge is 2.22. The molecule has 3 aliphatic rings. The summed E-state index contributed by atoms with van der Waals surface area (Å²) >= 11 is 0. The highest BCUT2D eigenvalue weighted by Crippen LogP contribution is 2.39. The van der Waals surface area contributed by atoms with Gasteiger partial charge < -0.3 is 0 Å². The second-order valence-corrected chi connectivity index (χ2v) is 10.6. The maximum Gasteiger partial charge on any atom is -0.00137 e. The SMILES string of the molecule is C=C(CC1=CCC=C1C1=Cc2cc(CCC3CCCCC3)ccc2C1)c1c(C)cccc1C. The Hall–Kier alpha value is -2.60. The Bertz CT molecular complexity index is 1120. The Labute approximate surface area is 200 Å². The molecule has 0 atom stereocenters. The molecule has 170 valence electrons. The molecule has 33 heavy (non-hydrogen) atoms. The number of hydrogen-bond donors (Lipinski definition) is 0. The van der Waals surface area contributed by atoms with Crippen molar-refractivity contribution in [3.05, 3.63) is 105 Å². The van der Waals surface area contributed by atoms with E-state index in [-0.39, 0.29) is 0 Å². The number of aryl methyl sites for hydroxylation is 3. The first-order valence-electron chi connectivity index (χ1n) is 13.0. The van der Waals surface area contributed by atoms with Gasteiger partial charge in [0.1, 0.15) is 0 Å². The third-order valence-corrected chi connectivity index (χ3v) is 8.10. The van der Waals surface area contributed by atoms with Crippen molar-refractivity contribution in [2.75, 3.05) is 0 Å². The van der Waals surface area contributed by atoms with Crippen molar-refractivity contribution in [1.29, 1.82) is 0 Å². The molecular formula is C33H38. The van der Waals surface area contributed by atoms with Crippen molar-refractivity contribution in [2.45, 2.75) is 78.1 Å². The summed E-state index contributed by atoms with van der Waals surface area (Å²) in [4.78, 5) is 0. The zero-order valence-corrected chi connectivity index (χ0v) is 20.6. The van der Waals surface area contributed by atoms with Gasteiger partial charge in [-0.2, -0.15) is 0 Å². The number of allylic oxidation sites excluding steroid dienone is 6. The van der Waals surface area contributed by atoms with Gasteiger partial charge >= 0.3 is 0 Å². The summed E-state index contributed by atoms with van der Waals surface area (Å²) in [6.45, 7) is 8.90. The fraction of sp³-hybridized carbons (Fsp3) is 0.394. The molecule has 0 aromatic heterocycles. The molecule has 1 saturated carbocycles. The van der Waals surface area contributed by atoms with E-state index in [9.17, 15) is 0 Å². The molecule has 0 saturated heterocycles. The first kappa shape index (κ1) is 22.2. The van der Waals surface area contributed by atoms with Gasteiger partial charge in [0.15, 0.2) is 0 Å². The summed E-state index contributed by atoms with van der Waals surface area (Å²) in [5, 5.41) is 0. The Kier molecular flexibility index (Phi) is 6.54. The van der Waals surface area contributed by atoms with Crippen molar-refractivity contribution in [3.8, 4) is 0 Å². The maximum atomic E-state index is 4.49. The van der Waals surface area contributed by atoms with Crippen LogP contribution in [0.2, 0.25) is 0 Å². The summed E-state index contributed by atoms with van der Waals surface area (Å²) in [5.41, 5.74) is 14.1. The van der Waals surface area contributed by atoms with Crippen LogP contribution in [-0.4, -0.2) is 0 Å². The van der Waals surface area contributed by atoms with Gasteiger partial charge in [0.2, 0.25) is 0 Å². The molecule has 0 N–H and O–H groups in total. The summed E-state index contributed by atoms with van der Waals surface area (Å²) < 4.78 is 0. The minimum Gasteiger partial charge on any atom is -0.0949 e. The summed E-state index contributed by atoms with van der Waals surface area (Å²) in [7, 11) is 0. The van der Waals surface area contributed by atoms with Crippen LogP contribution in [0.15, 0.2) is 71.8 Å². The molecule has 0 unspecified atom stereocenters. The number of benzene rings is 2. The number of rotatable bonds is 7. The van der Waals surface area contributed by atoms with Gasteiger partial charge in [-0.3, -0.25) is 0 Å². The Morgan fingerprint density at radius 1 is 0.970 bits per heavy atom. The molecule has 1 fully saturated rings. The second kappa shape index (κ2) is 9.72. The Morgan fingerprint density at radius 3 is 2.55 bits per heavy atom. The maximum absolute atomic E-state index is 4.49. The van der Waals surface area contributed by atoms with Crippen LogP contribution in [0, 0.1) is 19.8 Å². The normalized spacial score (nSPS) is 18.1. The van der Waals surface area contributed by atoms with Crippen LogP contribution in [0.1, 0.15) is 84.7 Å². The van der Waals surface area contributed by atoms with E-state index in [1.807, 2.05) is 0 Å². The zero-order valence-electron chi connectivity index (χ0n) is 20.6. The van der Waals surface area contributed by atoms with Crippen LogP contribution >= 0.6 is 0 Å². The van der Waals surface area contributed by atoms with Crippen molar-refractivity contribution < 1.29 is 0 Å². The topological polar surface area (TPSA) is 0 Å². The fourth-order valence-electron chi connectivity index (χ4n) is 6.31. The fourth-order valence-corrected chi connectivity index (χ4v) is 6.31. The van der Waals surface area contributed by atoms with E-state index < -0.39 is 0 Å². The smallest absolute Gasteiger partial charge is 0.00137 e. The molecule has 0 spiro atoms. The predicted octanol–water partition coefficient (Wildman–Crippen LogP) is 9.12. The lowest BCUT2D eigenvalue weighted by Crippen LogP contribution is -2.07. The minimum atomic E-state index is 0.942. The molecular weight excluding hydrogens is 396 g/mol. The van der Waals surface area contributed by atoms with E-state index in [1.54, 1.807) is 0 Å². The summed E-state index contributed by atoms with van der Waals surface area (Å²) in [6, 6.07) is 13.8. The standard InChI is InChI=1S/C33H38/c1-23-9-7-10-24(2)33(23)25(3)19-29-13-8-14-32(29)31-21-28-18-17-27(20-30(28)22-31)16-15-26-11-5-4-6-12-26/h7,9-10,13-14,17-18,20,22,26H,3-6,8,11-12,15-16,19,21H2,1-2H3. The van der Waals surface area contributed by atoms with Crippen molar-refractivity contribution in [2.24, 2.45) is 5.92 Å². The molecule has 0 radical (unpaired) electrons. The molecule has 5 rings (SSSR count). The Morgan fingerprint density at radius 2 is 1.76 bits per heavy atom. The second-order valence-electron chi connectivity index (χ2n) is 10.6. The number of fused-ring (bicyclic) bond motifs is 1. The lowest BCUT2D eigenvalue weighted by atomic mass is 9.85. The molecule has 0 amide bonds. The lowest BCUT2D eigenvalue weighted by Gasteiger charge is -2.21. The lowest BCUT2D eigenvalue weighted by molar-refractivity contribution is 0.339. The van der Waals surface area contributed by atoms with E-state index in [4.69, 9.17) is 0 Å². The van der Waals surface area contributed by atoms with Gasteiger partial charge in [0.05, 0.1) is 0 Å². The van der Waals surface area contributed by atoms with Gasteiger partial charge in [-0.15, -0.1) is 0 Å². The van der Waals surface area contributed by atoms with E-state index >= 15 is 0 Å². The quantitative estimate of drug-likeness (QED) is 0.407. The van der Waals surface area contributed by atoms with Crippen molar-refractivity contribution in [3.63, 3.8) is 0 Å². The minimum absolute atomic E-state index is 0.942. The third-order valence-electron chi connectivity index (χ3n) is 8.10. The molecule has 2 aromatic rings. The average molecular weight is 435 g/mol. The monoisotopic (exact) mass is 434 g/mol. The highest BCUT2D eigenvalue weighted by molar-refractivity contribution is 5.76. The zero-order chi connectivity index (χ0) is 22.8. The van der Waals surface area contributed by atoms with Gasteiger partial charge in [-0.1, -0.05) is 93.3 Å². The molecule has 0 nitrogen and oxygen atoms in total. The van der Waals surface area contributed by atoms with Gasteiger partial charge in [0, 0.05) is 0 Å². The van der Waals surface area contributed by atoms with Crippen molar-refractivity contribution >= 4 is 11.6 Å². The third kappa shape index (κ3) is 4.86. The molecule has 0 heteroatoms. The molecule has 0 heterocycles. The first-order valence-corrected chi connectivity index (χ1v) is 13.0. The highest BCUT2D eigenvalue weighted by atomic mass is 14.3. The summed E-state index contributed by atoms with van der Waals surface area (Å²) in [5.74, 6) is 0.958. The van der Waals surface area contributed by atoms with Gasteiger partial charge in [-0.05, 0) is 108 Å². The van der Waals surface area contributed by atoms with E-state index in [0.29, 0.717) is 0 Å². The Balaban J connectivity index is 1.27. The predicted molar refractivity (Wildman–Crippen MR) is 143 cm³/mol. The average Bonchev–Trinajstić information content (AvgIpc) is 3.44. The number of hydrogen-bond acceptors (Lipinski definition) is 0. The largest absolute Gasteiger partial charge is 0.0949 e.